The molecular formula is C12H15BrF3NO. The molecule has 102 valence electrons. The molecule has 2 N–H and O–H groups in total. The van der Waals surface area contributed by atoms with Crippen molar-refractivity contribution >= 4 is 15.9 Å². The summed E-state index contributed by atoms with van der Waals surface area (Å²) in [5, 5.41) is 0. The van der Waals surface area contributed by atoms with Crippen molar-refractivity contribution in [3.05, 3.63) is 27.7 Å². The average molecular weight is 326 g/mol. The van der Waals surface area contributed by atoms with Crippen LogP contribution in [0.15, 0.2) is 16.6 Å². The zero-order valence-electron chi connectivity index (χ0n) is 10.1. The molecule has 18 heavy (non-hydrogen) atoms. The zero-order chi connectivity index (χ0) is 13.9. The highest BCUT2D eigenvalue weighted by atomic mass is 79.9. The van der Waals surface area contributed by atoms with E-state index in [1.54, 1.807) is 0 Å². The largest absolute Gasteiger partial charge is 0.495 e. The molecule has 0 aliphatic heterocycles. The highest BCUT2D eigenvalue weighted by Crippen LogP contribution is 2.40. The standard InChI is InChI=1S/C12H15BrF3NO/c1-7(3-4-17)9-5-8(12(14,15)16)6-10(13)11(9)18-2/h5-7H,3-4,17H2,1-2H3. The van der Waals surface area contributed by atoms with Crippen LogP contribution >= 0.6 is 15.9 Å². The van der Waals surface area contributed by atoms with E-state index in [2.05, 4.69) is 15.9 Å². The second-order valence-electron chi connectivity index (χ2n) is 4.06. The number of ether oxygens (including phenoxy) is 1. The van der Waals surface area contributed by atoms with Gasteiger partial charge in [-0.15, -0.1) is 0 Å². The van der Waals surface area contributed by atoms with Gasteiger partial charge in [-0.1, -0.05) is 6.92 Å². The predicted octanol–water partition coefficient (Wildman–Crippen LogP) is 3.93. The van der Waals surface area contributed by atoms with Gasteiger partial charge in [0.2, 0.25) is 0 Å². The van der Waals surface area contributed by atoms with Gasteiger partial charge >= 0.3 is 6.18 Å². The third-order valence-corrected chi connectivity index (χ3v) is 3.32. The van der Waals surface area contributed by atoms with Crippen LogP contribution in [-0.4, -0.2) is 13.7 Å². The molecule has 0 bridgehead atoms. The lowest BCUT2D eigenvalue weighted by Crippen LogP contribution is -2.10. The second-order valence-corrected chi connectivity index (χ2v) is 4.91. The van der Waals surface area contributed by atoms with E-state index < -0.39 is 11.7 Å². The molecule has 1 atom stereocenters. The molecule has 0 fully saturated rings. The minimum absolute atomic E-state index is 0.0939. The molecule has 0 radical (unpaired) electrons. The van der Waals surface area contributed by atoms with Crippen LogP contribution in [-0.2, 0) is 6.18 Å². The van der Waals surface area contributed by atoms with Crippen LogP contribution < -0.4 is 10.5 Å². The molecule has 0 aliphatic carbocycles. The van der Waals surface area contributed by atoms with E-state index in [9.17, 15) is 13.2 Å². The zero-order valence-corrected chi connectivity index (χ0v) is 11.7. The van der Waals surface area contributed by atoms with Crippen LogP contribution in [0.5, 0.6) is 5.75 Å². The van der Waals surface area contributed by atoms with Crippen molar-refractivity contribution in [3.8, 4) is 5.75 Å². The first kappa shape index (κ1) is 15.3. The summed E-state index contributed by atoms with van der Waals surface area (Å²) in [4.78, 5) is 0. The molecule has 0 saturated carbocycles. The number of methoxy groups -OCH3 is 1. The van der Waals surface area contributed by atoms with Crippen molar-refractivity contribution in [1.29, 1.82) is 0 Å². The minimum Gasteiger partial charge on any atom is -0.495 e. The monoisotopic (exact) mass is 325 g/mol. The molecule has 0 amide bonds. The van der Waals surface area contributed by atoms with E-state index in [1.807, 2.05) is 6.92 Å². The van der Waals surface area contributed by atoms with Gasteiger partial charge in [0.15, 0.2) is 0 Å². The van der Waals surface area contributed by atoms with Crippen molar-refractivity contribution in [2.24, 2.45) is 5.73 Å². The highest BCUT2D eigenvalue weighted by Gasteiger charge is 2.32. The van der Waals surface area contributed by atoms with Gasteiger partial charge in [-0.25, -0.2) is 0 Å². The Hall–Kier alpha value is -0.750. The Morgan fingerprint density at radius 3 is 2.44 bits per heavy atom. The summed E-state index contributed by atoms with van der Waals surface area (Å²) >= 11 is 3.11. The molecule has 6 heteroatoms. The van der Waals surface area contributed by atoms with E-state index in [0.717, 1.165) is 12.1 Å². The number of rotatable bonds is 4. The number of hydrogen-bond acceptors (Lipinski definition) is 2. The molecule has 0 aromatic heterocycles. The molecule has 1 aromatic carbocycles. The van der Waals surface area contributed by atoms with E-state index in [1.165, 1.54) is 7.11 Å². The van der Waals surface area contributed by atoms with Crippen LogP contribution in [0.4, 0.5) is 13.2 Å². The molecule has 2 nitrogen and oxygen atoms in total. The van der Waals surface area contributed by atoms with Gasteiger partial charge < -0.3 is 10.5 Å². The van der Waals surface area contributed by atoms with Gasteiger partial charge in [-0.3, -0.25) is 0 Å². The van der Waals surface area contributed by atoms with Crippen LogP contribution in [0.3, 0.4) is 0 Å². The maximum Gasteiger partial charge on any atom is 0.416 e. The van der Waals surface area contributed by atoms with Gasteiger partial charge in [0, 0.05) is 0 Å². The first-order chi connectivity index (χ1) is 8.31. The molecule has 0 aliphatic rings. The van der Waals surface area contributed by atoms with E-state index in [0.29, 0.717) is 28.8 Å². The highest BCUT2D eigenvalue weighted by molar-refractivity contribution is 9.10. The Labute approximate surface area is 112 Å². The first-order valence-corrected chi connectivity index (χ1v) is 6.25. The SMILES string of the molecule is COc1c(Br)cc(C(F)(F)F)cc1C(C)CCN. The summed E-state index contributed by atoms with van der Waals surface area (Å²) in [6.45, 7) is 2.25. The summed E-state index contributed by atoms with van der Waals surface area (Å²) in [5.41, 5.74) is 5.28. The lowest BCUT2D eigenvalue weighted by Gasteiger charge is -2.19. The lowest BCUT2D eigenvalue weighted by atomic mass is 9.95. The quantitative estimate of drug-likeness (QED) is 0.910. The van der Waals surface area contributed by atoms with E-state index >= 15 is 0 Å². The smallest absolute Gasteiger partial charge is 0.416 e. The van der Waals surface area contributed by atoms with Gasteiger partial charge in [0.1, 0.15) is 5.75 Å². The Morgan fingerprint density at radius 2 is 2.00 bits per heavy atom. The van der Waals surface area contributed by atoms with Gasteiger partial charge in [-0.05, 0) is 52.5 Å². The first-order valence-electron chi connectivity index (χ1n) is 5.46. The fraction of sp³-hybridized carbons (Fsp3) is 0.500. The van der Waals surface area contributed by atoms with Crippen molar-refractivity contribution in [3.63, 3.8) is 0 Å². The van der Waals surface area contributed by atoms with E-state index in [4.69, 9.17) is 10.5 Å². The Balaban J connectivity index is 3.32. The van der Waals surface area contributed by atoms with Crippen molar-refractivity contribution < 1.29 is 17.9 Å². The third-order valence-electron chi connectivity index (χ3n) is 2.73. The van der Waals surface area contributed by atoms with Gasteiger partial charge in [-0.2, -0.15) is 13.2 Å². The van der Waals surface area contributed by atoms with Crippen LogP contribution in [0.1, 0.15) is 30.4 Å². The van der Waals surface area contributed by atoms with Crippen LogP contribution in [0.2, 0.25) is 0 Å². The normalized spacial score (nSPS) is 13.5. The number of nitrogens with two attached hydrogens (primary N) is 1. The lowest BCUT2D eigenvalue weighted by molar-refractivity contribution is -0.137. The van der Waals surface area contributed by atoms with Gasteiger partial charge in [0.05, 0.1) is 17.1 Å². The topological polar surface area (TPSA) is 35.2 Å². The molecule has 0 heterocycles. The average Bonchev–Trinajstić information content (AvgIpc) is 2.27. The Kier molecular flexibility index (Phi) is 5.04. The number of halogens is 4. The summed E-state index contributed by atoms with van der Waals surface area (Å²) < 4.78 is 43.7. The number of hydrogen-bond donors (Lipinski definition) is 1. The summed E-state index contributed by atoms with van der Waals surface area (Å²) in [7, 11) is 1.44. The van der Waals surface area contributed by atoms with Crippen molar-refractivity contribution in [2.75, 3.05) is 13.7 Å². The molecule has 1 aromatic rings. The summed E-state index contributed by atoms with van der Waals surface area (Å²) in [6, 6.07) is 2.15. The maximum absolute atomic E-state index is 12.7. The second kappa shape index (κ2) is 5.93. The molecular weight excluding hydrogens is 311 g/mol. The molecule has 0 saturated heterocycles. The summed E-state index contributed by atoms with van der Waals surface area (Å²) in [6.07, 6.45) is -3.77. The molecule has 1 unspecified atom stereocenters. The predicted molar refractivity (Wildman–Crippen MR) is 67.8 cm³/mol. The number of benzene rings is 1. The van der Waals surface area contributed by atoms with E-state index in [-0.39, 0.29) is 5.92 Å². The van der Waals surface area contributed by atoms with Crippen LogP contribution in [0.25, 0.3) is 0 Å². The van der Waals surface area contributed by atoms with Gasteiger partial charge in [0.25, 0.3) is 0 Å². The fourth-order valence-corrected chi connectivity index (χ4v) is 2.40. The van der Waals surface area contributed by atoms with Crippen molar-refractivity contribution in [2.45, 2.75) is 25.4 Å². The third kappa shape index (κ3) is 3.38. The Morgan fingerprint density at radius 1 is 1.39 bits per heavy atom. The maximum atomic E-state index is 12.7. The molecule has 0 spiro atoms. The molecule has 1 rings (SSSR count). The van der Waals surface area contributed by atoms with Crippen LogP contribution in [0, 0.1) is 0 Å². The summed E-state index contributed by atoms with van der Waals surface area (Å²) in [5.74, 6) is 0.340. The minimum atomic E-state index is -4.37. The number of alkyl halides is 3. The fourth-order valence-electron chi connectivity index (χ4n) is 1.77. The Bertz CT molecular complexity index is 421. The van der Waals surface area contributed by atoms with Crippen molar-refractivity contribution in [1.82, 2.24) is 0 Å².